The predicted octanol–water partition coefficient (Wildman–Crippen LogP) is 2.00. The van der Waals surface area contributed by atoms with Gasteiger partial charge in [-0.2, -0.15) is 0 Å². The maximum atomic E-state index is 12.1. The number of aromatic nitrogens is 2. The Labute approximate surface area is 122 Å². The third-order valence-corrected chi connectivity index (χ3v) is 3.26. The molecule has 1 aliphatic heterocycles. The first-order valence-corrected chi connectivity index (χ1v) is 6.62. The van der Waals surface area contributed by atoms with Crippen molar-refractivity contribution in [2.45, 2.75) is 19.9 Å². The Hall–Kier alpha value is -2.63. The molecule has 1 aliphatic rings. The zero-order valence-electron chi connectivity index (χ0n) is 11.8. The van der Waals surface area contributed by atoms with E-state index in [1.54, 1.807) is 6.20 Å². The second kappa shape index (κ2) is 5.40. The molecule has 0 spiro atoms. The molecule has 0 saturated heterocycles. The lowest BCUT2D eigenvalue weighted by molar-refractivity contribution is 0.0934. The number of ether oxygens (including phenoxy) is 2. The van der Waals surface area contributed by atoms with Crippen LogP contribution in [0.2, 0.25) is 0 Å². The summed E-state index contributed by atoms with van der Waals surface area (Å²) in [6.07, 6.45) is 3.04. The van der Waals surface area contributed by atoms with Gasteiger partial charge in [0.25, 0.3) is 5.91 Å². The van der Waals surface area contributed by atoms with Gasteiger partial charge in [0.1, 0.15) is 5.69 Å². The second-order valence-electron chi connectivity index (χ2n) is 4.85. The highest BCUT2D eigenvalue weighted by Crippen LogP contribution is 2.34. The van der Waals surface area contributed by atoms with E-state index in [1.165, 1.54) is 6.20 Å². The molecule has 6 nitrogen and oxygen atoms in total. The third-order valence-electron chi connectivity index (χ3n) is 3.26. The van der Waals surface area contributed by atoms with E-state index in [1.807, 2.05) is 32.0 Å². The molecule has 0 saturated carbocycles. The summed E-state index contributed by atoms with van der Waals surface area (Å²) in [4.78, 5) is 20.2. The van der Waals surface area contributed by atoms with Gasteiger partial charge < -0.3 is 14.8 Å². The molecule has 0 fully saturated rings. The Balaban J connectivity index is 1.72. The third kappa shape index (κ3) is 2.79. The van der Waals surface area contributed by atoms with Crippen molar-refractivity contribution < 1.29 is 14.3 Å². The van der Waals surface area contributed by atoms with Gasteiger partial charge in [0.15, 0.2) is 11.5 Å². The van der Waals surface area contributed by atoms with E-state index in [0.29, 0.717) is 11.4 Å². The number of carbonyl (C=O) groups is 1. The molecule has 1 N–H and O–H groups in total. The van der Waals surface area contributed by atoms with Gasteiger partial charge in [-0.25, -0.2) is 4.98 Å². The minimum atomic E-state index is -0.257. The lowest BCUT2D eigenvalue weighted by atomic mass is 10.1. The topological polar surface area (TPSA) is 73.3 Å². The Kier molecular flexibility index (Phi) is 3.43. The molecule has 21 heavy (non-hydrogen) atoms. The van der Waals surface area contributed by atoms with Crippen molar-refractivity contribution in [1.82, 2.24) is 15.3 Å². The normalized spacial score (nSPS) is 13.8. The Morgan fingerprint density at radius 2 is 2.05 bits per heavy atom. The fourth-order valence-electron chi connectivity index (χ4n) is 2.05. The van der Waals surface area contributed by atoms with E-state index < -0.39 is 0 Å². The first kappa shape index (κ1) is 13.4. The van der Waals surface area contributed by atoms with Crippen LogP contribution in [0.25, 0.3) is 0 Å². The van der Waals surface area contributed by atoms with Gasteiger partial charge in [-0.15, -0.1) is 0 Å². The Bertz CT molecular complexity index is 670. The number of hydrogen-bond donors (Lipinski definition) is 1. The van der Waals surface area contributed by atoms with Gasteiger partial charge in [0.05, 0.1) is 17.9 Å². The quantitative estimate of drug-likeness (QED) is 0.933. The zero-order chi connectivity index (χ0) is 14.8. The van der Waals surface area contributed by atoms with Crippen molar-refractivity contribution in [3.05, 3.63) is 47.5 Å². The van der Waals surface area contributed by atoms with Crippen LogP contribution in [0.4, 0.5) is 0 Å². The summed E-state index contributed by atoms with van der Waals surface area (Å²) in [7, 11) is 0. The van der Waals surface area contributed by atoms with Crippen LogP contribution in [0.3, 0.4) is 0 Å². The molecule has 2 aromatic rings. The molecule has 1 aromatic carbocycles. The molecule has 0 radical (unpaired) electrons. The number of carbonyl (C=O) groups excluding carboxylic acids is 1. The van der Waals surface area contributed by atoms with E-state index in [9.17, 15) is 4.79 Å². The van der Waals surface area contributed by atoms with Crippen molar-refractivity contribution in [2.75, 3.05) is 6.79 Å². The zero-order valence-corrected chi connectivity index (χ0v) is 11.8. The first-order chi connectivity index (χ1) is 10.1. The summed E-state index contributed by atoms with van der Waals surface area (Å²) in [6, 6.07) is 5.44. The number of rotatable bonds is 3. The average molecular weight is 285 g/mol. The van der Waals surface area contributed by atoms with Crippen LogP contribution in [0.5, 0.6) is 11.5 Å². The van der Waals surface area contributed by atoms with Gasteiger partial charge in [0.2, 0.25) is 6.79 Å². The van der Waals surface area contributed by atoms with E-state index in [4.69, 9.17) is 9.47 Å². The highest BCUT2D eigenvalue weighted by Gasteiger charge is 2.17. The summed E-state index contributed by atoms with van der Waals surface area (Å²) < 4.78 is 10.6. The van der Waals surface area contributed by atoms with Gasteiger partial charge >= 0.3 is 0 Å². The lowest BCUT2D eigenvalue weighted by Gasteiger charge is -2.14. The summed E-state index contributed by atoms with van der Waals surface area (Å²) in [5, 5.41) is 2.89. The fraction of sp³-hybridized carbons (Fsp3) is 0.267. The Morgan fingerprint density at radius 3 is 2.81 bits per heavy atom. The molecule has 2 heterocycles. The largest absolute Gasteiger partial charge is 0.454 e. The summed E-state index contributed by atoms with van der Waals surface area (Å²) in [6.45, 7) is 3.96. The van der Waals surface area contributed by atoms with Gasteiger partial charge in [-0.05, 0) is 31.5 Å². The van der Waals surface area contributed by atoms with Gasteiger partial charge in [0, 0.05) is 6.20 Å². The van der Waals surface area contributed by atoms with Gasteiger partial charge in [-0.3, -0.25) is 9.78 Å². The maximum absolute atomic E-state index is 12.1. The van der Waals surface area contributed by atoms with E-state index in [0.717, 1.165) is 17.0 Å². The molecule has 1 aromatic heterocycles. The molecule has 0 aliphatic carbocycles. The highest BCUT2D eigenvalue weighted by atomic mass is 16.7. The molecule has 3 rings (SSSR count). The highest BCUT2D eigenvalue weighted by molar-refractivity contribution is 5.92. The second-order valence-corrected chi connectivity index (χ2v) is 4.85. The lowest BCUT2D eigenvalue weighted by Crippen LogP contribution is -2.27. The molecule has 0 unspecified atom stereocenters. The number of hydrogen-bond acceptors (Lipinski definition) is 5. The predicted molar refractivity (Wildman–Crippen MR) is 75.2 cm³/mol. The van der Waals surface area contributed by atoms with Crippen LogP contribution in [-0.2, 0) is 0 Å². The van der Waals surface area contributed by atoms with Crippen LogP contribution >= 0.6 is 0 Å². The fourth-order valence-corrected chi connectivity index (χ4v) is 2.05. The van der Waals surface area contributed by atoms with Crippen molar-refractivity contribution in [3.8, 4) is 11.5 Å². The van der Waals surface area contributed by atoms with Crippen LogP contribution < -0.4 is 14.8 Å². The summed E-state index contributed by atoms with van der Waals surface area (Å²) in [5.41, 5.74) is 2.01. The van der Waals surface area contributed by atoms with E-state index >= 15 is 0 Å². The van der Waals surface area contributed by atoms with Crippen LogP contribution in [-0.4, -0.2) is 22.7 Å². The van der Waals surface area contributed by atoms with Crippen LogP contribution in [0, 0.1) is 6.92 Å². The van der Waals surface area contributed by atoms with Crippen molar-refractivity contribution in [1.29, 1.82) is 0 Å². The number of aryl methyl sites for hydroxylation is 1. The van der Waals surface area contributed by atoms with Crippen molar-refractivity contribution >= 4 is 5.91 Å². The molecule has 6 heteroatoms. The first-order valence-electron chi connectivity index (χ1n) is 6.62. The van der Waals surface area contributed by atoms with Crippen molar-refractivity contribution in [3.63, 3.8) is 0 Å². The minimum absolute atomic E-state index is 0.171. The van der Waals surface area contributed by atoms with Crippen LogP contribution in [0.15, 0.2) is 30.6 Å². The number of nitrogens with one attached hydrogen (secondary N) is 1. The SMILES string of the molecule is Cc1cnc(C(=O)N[C@@H](C)c2ccc3c(c2)OCO3)cn1. The van der Waals surface area contributed by atoms with Crippen molar-refractivity contribution in [2.24, 2.45) is 0 Å². The minimum Gasteiger partial charge on any atom is -0.454 e. The Morgan fingerprint density at radius 1 is 1.24 bits per heavy atom. The molecule has 1 amide bonds. The molecular weight excluding hydrogens is 270 g/mol. The van der Waals surface area contributed by atoms with E-state index in [2.05, 4.69) is 15.3 Å². The standard InChI is InChI=1S/C15H15N3O3/c1-9-6-17-12(7-16-9)15(19)18-10(2)11-3-4-13-14(5-11)21-8-20-13/h3-7,10H,8H2,1-2H3,(H,18,19)/t10-/m0/s1. The van der Waals surface area contributed by atoms with Gasteiger partial charge in [-0.1, -0.05) is 6.07 Å². The summed E-state index contributed by atoms with van der Waals surface area (Å²) in [5.74, 6) is 1.16. The summed E-state index contributed by atoms with van der Waals surface area (Å²) >= 11 is 0. The van der Waals surface area contributed by atoms with E-state index in [-0.39, 0.29) is 18.7 Å². The monoisotopic (exact) mass is 285 g/mol. The number of nitrogens with zero attached hydrogens (tertiary/aromatic N) is 2. The number of amides is 1. The number of benzene rings is 1. The molecule has 108 valence electrons. The maximum Gasteiger partial charge on any atom is 0.271 e. The molecule has 1 atom stereocenters. The molecule has 0 bridgehead atoms. The smallest absolute Gasteiger partial charge is 0.271 e. The van der Waals surface area contributed by atoms with Crippen LogP contribution in [0.1, 0.15) is 34.7 Å². The average Bonchev–Trinajstić information content (AvgIpc) is 2.95. The molecular formula is C15H15N3O3. The number of fused-ring (bicyclic) bond motifs is 1.